The molecule has 0 spiro atoms. The summed E-state index contributed by atoms with van der Waals surface area (Å²) >= 11 is 3.74. The summed E-state index contributed by atoms with van der Waals surface area (Å²) in [4.78, 5) is 0. The molecule has 0 saturated carbocycles. The SMILES string of the molecule is CCc1ccc(Cc2cc(C3(OC)CC(O)CC(CO)O3)c(OC3CCOC3)cc2Br)cc1. The fourth-order valence-electron chi connectivity index (χ4n) is 4.62. The molecule has 2 aromatic carbocycles. The number of hydrogen-bond acceptors (Lipinski definition) is 6. The standard InChI is InChI=1S/C26H33BrO6/c1-3-17-4-6-18(7-5-17)10-19-11-23(25(13-24(19)27)32-21-8-9-31-16-21)26(30-2)14-20(29)12-22(15-28)33-26/h4-7,11,13,20-22,28-29H,3,8-10,12,14-16H2,1-2H3. The molecule has 0 aromatic heterocycles. The maximum Gasteiger partial charge on any atom is 0.201 e. The van der Waals surface area contributed by atoms with Gasteiger partial charge in [-0.1, -0.05) is 47.1 Å². The van der Waals surface area contributed by atoms with Crippen molar-refractivity contribution in [3.8, 4) is 5.75 Å². The first-order valence-electron chi connectivity index (χ1n) is 11.6. The van der Waals surface area contributed by atoms with Crippen LogP contribution in [0.4, 0.5) is 0 Å². The van der Waals surface area contributed by atoms with Crippen LogP contribution in [0.15, 0.2) is 40.9 Å². The van der Waals surface area contributed by atoms with Gasteiger partial charge in [-0.05, 0) is 41.7 Å². The lowest BCUT2D eigenvalue weighted by Gasteiger charge is -2.42. The van der Waals surface area contributed by atoms with Crippen LogP contribution in [0.2, 0.25) is 0 Å². The van der Waals surface area contributed by atoms with Crippen LogP contribution < -0.4 is 4.74 Å². The van der Waals surface area contributed by atoms with Crippen molar-refractivity contribution in [2.75, 3.05) is 26.9 Å². The molecule has 2 aliphatic rings. The van der Waals surface area contributed by atoms with Gasteiger partial charge in [0.1, 0.15) is 11.9 Å². The predicted molar refractivity (Wildman–Crippen MR) is 129 cm³/mol. The first kappa shape index (κ1) is 24.6. The number of hydrogen-bond donors (Lipinski definition) is 2. The lowest BCUT2D eigenvalue weighted by atomic mass is 9.90. The zero-order valence-electron chi connectivity index (χ0n) is 19.3. The van der Waals surface area contributed by atoms with Crippen molar-refractivity contribution in [2.45, 2.75) is 63.1 Å². The Morgan fingerprint density at radius 3 is 2.58 bits per heavy atom. The zero-order chi connectivity index (χ0) is 23.4. The van der Waals surface area contributed by atoms with Crippen LogP contribution >= 0.6 is 15.9 Å². The van der Waals surface area contributed by atoms with Gasteiger partial charge in [0, 0.05) is 30.8 Å². The van der Waals surface area contributed by atoms with Gasteiger partial charge < -0.3 is 29.2 Å². The monoisotopic (exact) mass is 520 g/mol. The Labute approximate surface area is 203 Å². The van der Waals surface area contributed by atoms with Gasteiger partial charge in [0.15, 0.2) is 0 Å². The second-order valence-corrected chi connectivity index (χ2v) is 9.72. The maximum atomic E-state index is 10.6. The number of ether oxygens (including phenoxy) is 4. The van der Waals surface area contributed by atoms with E-state index in [4.69, 9.17) is 18.9 Å². The average Bonchev–Trinajstić information content (AvgIpc) is 3.33. The summed E-state index contributed by atoms with van der Waals surface area (Å²) in [5, 5.41) is 20.4. The summed E-state index contributed by atoms with van der Waals surface area (Å²) in [5.41, 5.74) is 4.28. The summed E-state index contributed by atoms with van der Waals surface area (Å²) in [6.45, 7) is 3.16. The number of rotatable bonds is 8. The Kier molecular flexibility index (Phi) is 8.10. The molecule has 2 fully saturated rings. The number of methoxy groups -OCH3 is 1. The lowest BCUT2D eigenvalue weighted by molar-refractivity contribution is -0.299. The molecule has 2 heterocycles. The summed E-state index contributed by atoms with van der Waals surface area (Å²) in [6.07, 6.45) is 1.91. The van der Waals surface area contributed by atoms with Crippen LogP contribution in [0.25, 0.3) is 0 Å². The quantitative estimate of drug-likeness (QED) is 0.545. The van der Waals surface area contributed by atoms with E-state index in [0.29, 0.717) is 25.4 Å². The van der Waals surface area contributed by atoms with Gasteiger partial charge in [-0.3, -0.25) is 0 Å². The highest BCUT2D eigenvalue weighted by molar-refractivity contribution is 9.10. The van der Waals surface area contributed by atoms with E-state index in [1.165, 1.54) is 11.1 Å². The number of aliphatic hydroxyl groups excluding tert-OH is 2. The van der Waals surface area contributed by atoms with Crippen LogP contribution in [0.5, 0.6) is 5.75 Å². The largest absolute Gasteiger partial charge is 0.487 e. The normalized spacial score (nSPS) is 27.6. The Balaban J connectivity index is 1.74. The summed E-state index contributed by atoms with van der Waals surface area (Å²) in [7, 11) is 1.57. The Hall–Kier alpha value is -1.48. The van der Waals surface area contributed by atoms with Crippen LogP contribution in [0, 0.1) is 0 Å². The molecule has 0 radical (unpaired) electrons. The third-order valence-corrected chi connectivity index (χ3v) is 7.23. The van der Waals surface area contributed by atoms with Gasteiger partial charge in [0.2, 0.25) is 5.79 Å². The van der Waals surface area contributed by atoms with Crippen molar-refractivity contribution in [3.05, 3.63) is 63.1 Å². The van der Waals surface area contributed by atoms with Crippen LogP contribution in [0.3, 0.4) is 0 Å². The molecule has 4 atom stereocenters. The number of benzene rings is 2. The zero-order valence-corrected chi connectivity index (χ0v) is 20.8. The van der Waals surface area contributed by atoms with Crippen LogP contribution in [0.1, 0.15) is 48.4 Å². The Bertz CT molecular complexity index is 927. The highest BCUT2D eigenvalue weighted by atomic mass is 79.9. The average molecular weight is 521 g/mol. The van der Waals surface area contributed by atoms with Crippen molar-refractivity contribution >= 4 is 15.9 Å². The van der Waals surface area contributed by atoms with E-state index in [1.807, 2.05) is 12.1 Å². The molecule has 0 aliphatic carbocycles. The van der Waals surface area contributed by atoms with Gasteiger partial charge >= 0.3 is 0 Å². The molecule has 4 unspecified atom stereocenters. The predicted octanol–water partition coefficient (Wildman–Crippen LogP) is 4.10. The molecular formula is C26H33BrO6. The molecule has 33 heavy (non-hydrogen) atoms. The molecule has 0 amide bonds. The van der Waals surface area contributed by atoms with Crippen molar-refractivity contribution < 1.29 is 29.2 Å². The van der Waals surface area contributed by atoms with E-state index >= 15 is 0 Å². The molecule has 7 heteroatoms. The highest BCUT2D eigenvalue weighted by Crippen LogP contribution is 2.45. The fraction of sp³-hybridized carbons (Fsp3) is 0.538. The third kappa shape index (κ3) is 5.61. The summed E-state index contributed by atoms with van der Waals surface area (Å²) < 4.78 is 25.0. The van der Waals surface area contributed by atoms with Gasteiger partial charge in [0.25, 0.3) is 0 Å². The molecule has 4 rings (SSSR count). The summed E-state index contributed by atoms with van der Waals surface area (Å²) in [6, 6.07) is 12.6. The third-order valence-electron chi connectivity index (χ3n) is 6.50. The molecule has 2 aromatic rings. The number of aryl methyl sites for hydroxylation is 1. The van der Waals surface area contributed by atoms with Crippen LogP contribution in [-0.2, 0) is 32.8 Å². The van der Waals surface area contributed by atoms with Crippen molar-refractivity contribution in [3.63, 3.8) is 0 Å². The number of halogens is 1. The highest BCUT2D eigenvalue weighted by Gasteiger charge is 2.45. The second kappa shape index (κ2) is 10.8. The maximum absolute atomic E-state index is 10.6. The van der Waals surface area contributed by atoms with E-state index in [1.54, 1.807) is 7.11 Å². The molecule has 0 bridgehead atoms. The van der Waals surface area contributed by atoms with Gasteiger partial charge in [0.05, 0.1) is 37.6 Å². The molecule has 180 valence electrons. The Morgan fingerprint density at radius 1 is 1.18 bits per heavy atom. The minimum absolute atomic E-state index is 0.0563. The second-order valence-electron chi connectivity index (χ2n) is 8.86. The first-order chi connectivity index (χ1) is 16.0. The first-order valence-corrected chi connectivity index (χ1v) is 12.4. The Morgan fingerprint density at radius 2 is 1.94 bits per heavy atom. The van der Waals surface area contributed by atoms with Crippen molar-refractivity contribution in [1.29, 1.82) is 0 Å². The van der Waals surface area contributed by atoms with Crippen molar-refractivity contribution in [1.82, 2.24) is 0 Å². The van der Waals surface area contributed by atoms with Gasteiger partial charge in [-0.2, -0.15) is 0 Å². The molecular weight excluding hydrogens is 488 g/mol. The minimum Gasteiger partial charge on any atom is -0.487 e. The van der Waals surface area contributed by atoms with Gasteiger partial charge in [-0.25, -0.2) is 0 Å². The van der Waals surface area contributed by atoms with Crippen LogP contribution in [-0.4, -0.2) is 55.5 Å². The van der Waals surface area contributed by atoms with Crippen molar-refractivity contribution in [2.24, 2.45) is 0 Å². The molecule has 2 aliphatic heterocycles. The number of aliphatic hydroxyl groups is 2. The molecule has 2 N–H and O–H groups in total. The van der Waals surface area contributed by atoms with E-state index in [9.17, 15) is 10.2 Å². The topological polar surface area (TPSA) is 77.4 Å². The molecule has 6 nitrogen and oxygen atoms in total. The van der Waals surface area contributed by atoms with E-state index in [-0.39, 0.29) is 19.1 Å². The fourth-order valence-corrected chi connectivity index (χ4v) is 5.08. The van der Waals surface area contributed by atoms with E-state index in [2.05, 4.69) is 47.1 Å². The summed E-state index contributed by atoms with van der Waals surface area (Å²) in [5.74, 6) is -0.587. The minimum atomic E-state index is -1.22. The van der Waals surface area contributed by atoms with E-state index in [0.717, 1.165) is 34.9 Å². The lowest BCUT2D eigenvalue weighted by Crippen LogP contribution is -2.47. The smallest absolute Gasteiger partial charge is 0.201 e. The molecule has 2 saturated heterocycles. The van der Waals surface area contributed by atoms with E-state index < -0.39 is 18.0 Å². The van der Waals surface area contributed by atoms with Gasteiger partial charge in [-0.15, -0.1) is 0 Å².